The summed E-state index contributed by atoms with van der Waals surface area (Å²) in [5.74, 6) is 0. The summed E-state index contributed by atoms with van der Waals surface area (Å²) in [5.41, 5.74) is 2.07. The average molecular weight is 153 g/mol. The molecule has 50 valence electrons. The van der Waals surface area contributed by atoms with Gasteiger partial charge in [-0.3, -0.25) is 0 Å². The van der Waals surface area contributed by atoms with Gasteiger partial charge in [0.05, 0.1) is 12.2 Å². The van der Waals surface area contributed by atoms with Gasteiger partial charge in [0, 0.05) is 10.6 Å². The van der Waals surface area contributed by atoms with Crippen LogP contribution in [0.2, 0.25) is 5.02 Å². The maximum absolute atomic E-state index is 5.74. The minimum absolute atomic E-state index is 0.676. The molecule has 3 heteroatoms. The van der Waals surface area contributed by atoms with Gasteiger partial charge in [-0.15, -0.1) is 0 Å². The van der Waals surface area contributed by atoms with Crippen LogP contribution in [-0.2, 0) is 6.54 Å². The van der Waals surface area contributed by atoms with E-state index in [1.54, 1.807) is 0 Å². The van der Waals surface area contributed by atoms with Crippen molar-refractivity contribution in [3.63, 3.8) is 0 Å². The van der Waals surface area contributed by atoms with E-state index in [0.29, 0.717) is 6.54 Å². The highest BCUT2D eigenvalue weighted by molar-refractivity contribution is 6.30. The predicted molar refractivity (Wildman–Crippen MR) is 39.7 cm³/mol. The number of hydrogen-bond acceptors (Lipinski definition) is 2. The van der Waals surface area contributed by atoms with E-state index in [9.17, 15) is 0 Å². The monoisotopic (exact) mass is 152 g/mol. The van der Waals surface area contributed by atoms with Gasteiger partial charge >= 0.3 is 0 Å². The van der Waals surface area contributed by atoms with Crippen LogP contribution in [0.1, 0.15) is 5.56 Å². The van der Waals surface area contributed by atoms with E-state index in [4.69, 9.17) is 11.6 Å². The molecule has 1 aliphatic rings. The smallest absolute Gasteiger partial charge is 0.0905 e. The fraction of sp³-hybridized carbons (Fsp3) is 0.143. The Balaban J connectivity index is 2.59. The van der Waals surface area contributed by atoms with E-state index >= 15 is 0 Å². The lowest BCUT2D eigenvalue weighted by Gasteiger charge is -1.93. The van der Waals surface area contributed by atoms with Crippen molar-refractivity contribution in [2.45, 2.75) is 6.54 Å². The molecule has 0 saturated heterocycles. The maximum atomic E-state index is 5.74. The number of hydrogen-bond donors (Lipinski definition) is 0. The Labute approximate surface area is 63.5 Å². The van der Waals surface area contributed by atoms with Gasteiger partial charge in [0.1, 0.15) is 0 Å². The van der Waals surface area contributed by atoms with Gasteiger partial charge in [0.15, 0.2) is 0 Å². The molecule has 1 aliphatic heterocycles. The molecule has 1 aromatic carbocycles. The number of azo groups is 1. The van der Waals surface area contributed by atoms with Crippen LogP contribution in [0.3, 0.4) is 0 Å². The molecular weight excluding hydrogens is 148 g/mol. The van der Waals surface area contributed by atoms with Crippen LogP contribution in [0, 0.1) is 0 Å². The first-order valence-corrected chi connectivity index (χ1v) is 3.40. The van der Waals surface area contributed by atoms with Gasteiger partial charge in [0.25, 0.3) is 0 Å². The van der Waals surface area contributed by atoms with Crippen LogP contribution in [0.4, 0.5) is 5.69 Å². The Bertz CT molecular complexity index is 294. The summed E-state index contributed by atoms with van der Waals surface area (Å²) in [7, 11) is 0. The largest absolute Gasteiger partial charge is 0.184 e. The number of nitrogens with zero attached hydrogens (tertiary/aromatic N) is 2. The van der Waals surface area contributed by atoms with Gasteiger partial charge in [-0.2, -0.15) is 10.2 Å². The molecule has 0 radical (unpaired) electrons. The molecule has 0 N–H and O–H groups in total. The summed E-state index contributed by atoms with van der Waals surface area (Å²) < 4.78 is 0. The number of fused-ring (bicyclic) bond motifs is 1. The zero-order chi connectivity index (χ0) is 6.97. The second-order valence-corrected chi connectivity index (χ2v) is 2.61. The van der Waals surface area contributed by atoms with Crippen molar-refractivity contribution >= 4 is 17.3 Å². The fourth-order valence-corrected chi connectivity index (χ4v) is 1.16. The Morgan fingerprint density at radius 3 is 3.20 bits per heavy atom. The van der Waals surface area contributed by atoms with Crippen molar-refractivity contribution < 1.29 is 0 Å². The Kier molecular flexibility index (Phi) is 1.21. The zero-order valence-corrected chi connectivity index (χ0v) is 5.97. The standard InChI is InChI=1S/C7H5ClN2/c8-6-1-2-7-5(3-6)4-9-10-7/h1-3H,4H2. The van der Waals surface area contributed by atoms with Crippen LogP contribution in [-0.4, -0.2) is 0 Å². The van der Waals surface area contributed by atoms with Gasteiger partial charge in [-0.1, -0.05) is 11.6 Å². The van der Waals surface area contributed by atoms with E-state index in [0.717, 1.165) is 16.3 Å². The molecule has 0 bridgehead atoms. The molecule has 0 amide bonds. The second-order valence-electron chi connectivity index (χ2n) is 2.17. The van der Waals surface area contributed by atoms with E-state index in [-0.39, 0.29) is 0 Å². The lowest BCUT2D eigenvalue weighted by atomic mass is 10.2. The van der Waals surface area contributed by atoms with Crippen LogP contribution in [0.5, 0.6) is 0 Å². The Hall–Kier alpha value is -0.890. The summed E-state index contributed by atoms with van der Waals surface area (Å²) in [6, 6.07) is 5.61. The van der Waals surface area contributed by atoms with E-state index < -0.39 is 0 Å². The van der Waals surface area contributed by atoms with Gasteiger partial charge in [-0.05, 0) is 18.2 Å². The first-order valence-electron chi connectivity index (χ1n) is 3.02. The SMILES string of the molecule is Clc1ccc2c(c1)CN=N2. The van der Waals surface area contributed by atoms with Gasteiger partial charge < -0.3 is 0 Å². The normalized spacial score (nSPS) is 13.7. The van der Waals surface area contributed by atoms with E-state index in [2.05, 4.69) is 10.2 Å². The highest BCUT2D eigenvalue weighted by Gasteiger charge is 2.06. The molecule has 1 aromatic rings. The van der Waals surface area contributed by atoms with Crippen LogP contribution in [0.25, 0.3) is 0 Å². The molecule has 1 heterocycles. The third kappa shape index (κ3) is 0.809. The van der Waals surface area contributed by atoms with Crippen molar-refractivity contribution in [2.75, 3.05) is 0 Å². The highest BCUT2D eigenvalue weighted by atomic mass is 35.5. The molecule has 0 spiro atoms. The van der Waals surface area contributed by atoms with Gasteiger partial charge in [0.2, 0.25) is 0 Å². The first-order chi connectivity index (χ1) is 4.86. The van der Waals surface area contributed by atoms with Crippen LogP contribution in [0.15, 0.2) is 28.4 Å². The minimum Gasteiger partial charge on any atom is -0.184 e. The van der Waals surface area contributed by atoms with Crippen molar-refractivity contribution in [3.05, 3.63) is 28.8 Å². The third-order valence-electron chi connectivity index (χ3n) is 1.46. The Morgan fingerprint density at radius 1 is 1.40 bits per heavy atom. The minimum atomic E-state index is 0.676. The molecule has 0 atom stereocenters. The molecular formula is C7H5ClN2. The first kappa shape index (κ1) is 5.86. The summed E-state index contributed by atoms with van der Waals surface area (Å²) in [5, 5.41) is 8.52. The average Bonchev–Trinajstić information content (AvgIpc) is 2.33. The molecule has 0 fully saturated rings. The highest BCUT2D eigenvalue weighted by Crippen LogP contribution is 2.28. The van der Waals surface area contributed by atoms with Crippen LogP contribution >= 0.6 is 11.6 Å². The maximum Gasteiger partial charge on any atom is 0.0905 e. The number of rotatable bonds is 0. The molecule has 10 heavy (non-hydrogen) atoms. The van der Waals surface area contributed by atoms with E-state index in [1.165, 1.54) is 0 Å². The quantitative estimate of drug-likeness (QED) is 0.546. The number of halogens is 1. The van der Waals surface area contributed by atoms with Crippen molar-refractivity contribution in [3.8, 4) is 0 Å². The number of benzene rings is 1. The lowest BCUT2D eigenvalue weighted by molar-refractivity contribution is 1.04. The second kappa shape index (κ2) is 2.06. The lowest BCUT2D eigenvalue weighted by Crippen LogP contribution is -1.74. The zero-order valence-electron chi connectivity index (χ0n) is 5.21. The molecule has 0 aliphatic carbocycles. The predicted octanol–water partition coefficient (Wildman–Crippen LogP) is 2.94. The third-order valence-corrected chi connectivity index (χ3v) is 1.70. The van der Waals surface area contributed by atoms with Gasteiger partial charge in [-0.25, -0.2) is 0 Å². The summed E-state index contributed by atoms with van der Waals surface area (Å²) in [6.07, 6.45) is 0. The van der Waals surface area contributed by atoms with Crippen LogP contribution < -0.4 is 0 Å². The molecule has 2 rings (SSSR count). The summed E-state index contributed by atoms with van der Waals surface area (Å²) >= 11 is 5.74. The molecule has 0 aromatic heterocycles. The summed E-state index contributed by atoms with van der Waals surface area (Å²) in [4.78, 5) is 0. The molecule has 0 unspecified atom stereocenters. The van der Waals surface area contributed by atoms with Crippen molar-refractivity contribution in [2.24, 2.45) is 10.2 Å². The topological polar surface area (TPSA) is 24.7 Å². The molecule has 0 saturated carbocycles. The van der Waals surface area contributed by atoms with E-state index in [1.807, 2.05) is 18.2 Å². The van der Waals surface area contributed by atoms with Crippen molar-refractivity contribution in [1.29, 1.82) is 0 Å². The summed E-state index contributed by atoms with van der Waals surface area (Å²) in [6.45, 7) is 0.676. The molecule has 2 nitrogen and oxygen atoms in total. The Morgan fingerprint density at radius 2 is 2.30 bits per heavy atom. The van der Waals surface area contributed by atoms with Crippen molar-refractivity contribution in [1.82, 2.24) is 0 Å². The fourth-order valence-electron chi connectivity index (χ4n) is 0.966.